The van der Waals surface area contributed by atoms with Crippen LogP contribution in [-0.2, 0) is 32.0 Å². The van der Waals surface area contributed by atoms with E-state index in [1.54, 1.807) is 24.3 Å². The molecule has 4 bridgehead atoms. The fourth-order valence-electron chi connectivity index (χ4n) is 5.25. The molecule has 0 saturated carbocycles. The number of rotatable bonds is 11. The number of aliphatic hydroxyl groups is 1. The maximum absolute atomic E-state index is 14.0. The number of nitrogens with two attached hydrogens (primary N) is 4. The highest BCUT2D eigenvalue weighted by Crippen LogP contribution is 2.31. The lowest BCUT2D eigenvalue weighted by molar-refractivity contribution is -0.143. The highest BCUT2D eigenvalue weighted by atomic mass is 16.3. The lowest BCUT2D eigenvalue weighted by atomic mass is 9.95. The van der Waals surface area contributed by atoms with Crippen molar-refractivity contribution in [3.05, 3.63) is 47.5 Å². The lowest BCUT2D eigenvalue weighted by Gasteiger charge is -2.33. The summed E-state index contributed by atoms with van der Waals surface area (Å²) in [5, 5.41) is 39.7. The molecule has 0 saturated heterocycles. The molecule has 1 heterocycles. The molecule has 1 aliphatic rings. The van der Waals surface area contributed by atoms with Crippen molar-refractivity contribution >= 4 is 23.6 Å². The first kappa shape index (κ1) is 36.2. The summed E-state index contributed by atoms with van der Waals surface area (Å²) >= 11 is 0. The van der Waals surface area contributed by atoms with Crippen LogP contribution in [0, 0.1) is 0 Å². The van der Waals surface area contributed by atoms with E-state index in [-0.39, 0.29) is 63.4 Å². The molecule has 3 rings (SSSR count). The molecule has 2 aromatic carbocycles. The Morgan fingerprint density at radius 1 is 1.00 bits per heavy atom. The highest BCUT2D eigenvalue weighted by molar-refractivity contribution is 5.95. The van der Waals surface area contributed by atoms with Crippen molar-refractivity contribution in [3.63, 3.8) is 0 Å². The minimum absolute atomic E-state index is 0.0753. The zero-order valence-electron chi connectivity index (χ0n) is 25.9. The lowest BCUT2D eigenvalue weighted by Crippen LogP contribution is -2.59. The molecule has 1 aliphatic heterocycles. The summed E-state index contributed by atoms with van der Waals surface area (Å²) in [5.41, 5.74) is 25.0. The Balaban J connectivity index is 2.13. The van der Waals surface area contributed by atoms with Gasteiger partial charge in [0.1, 0.15) is 29.6 Å². The van der Waals surface area contributed by atoms with Gasteiger partial charge in [-0.05, 0) is 65.9 Å². The number of fused-ring (bicyclic) bond motifs is 5. The largest absolute Gasteiger partial charge is 0.508 e. The molecule has 0 aliphatic carbocycles. The number of nitrogens with one attached hydrogen (secondary N) is 3. The van der Waals surface area contributed by atoms with Crippen LogP contribution >= 0.6 is 0 Å². The Morgan fingerprint density at radius 3 is 2.17 bits per heavy atom. The number of carbonyl (C=O) groups excluding carboxylic acids is 4. The molecule has 0 fully saturated rings. The molecule has 0 aromatic heterocycles. The smallest absolute Gasteiger partial charge is 0.245 e. The predicted octanol–water partition coefficient (Wildman–Crippen LogP) is -2.49. The Kier molecular flexibility index (Phi) is 13.3. The molecule has 46 heavy (non-hydrogen) atoms. The number of aromatic hydroxyl groups is 2. The number of phenolic OH excluding ortho intramolecular Hbond substituents is 2. The van der Waals surface area contributed by atoms with Gasteiger partial charge in [-0.2, -0.15) is 0 Å². The summed E-state index contributed by atoms with van der Waals surface area (Å²) < 4.78 is 0. The molecule has 4 amide bonds. The third kappa shape index (κ3) is 9.37. The second-order valence-corrected chi connectivity index (χ2v) is 11.4. The van der Waals surface area contributed by atoms with E-state index in [1.165, 1.54) is 19.2 Å². The molecule has 15 nitrogen and oxygen atoms in total. The molecular weight excluding hydrogens is 596 g/mol. The number of aliphatic hydroxyl groups excluding tert-OH is 1. The van der Waals surface area contributed by atoms with E-state index in [0.717, 1.165) is 4.90 Å². The number of carbonyl (C=O) groups is 4. The first-order chi connectivity index (χ1) is 21.9. The first-order valence-corrected chi connectivity index (χ1v) is 15.2. The van der Waals surface area contributed by atoms with Crippen molar-refractivity contribution in [3.8, 4) is 22.6 Å². The SMILES string of the molecule is CN1C(=O)[C@H](C[C@@H](O)CN)NC(=O)[C@@H](N)Cc2cc(ccc2O)-c2ccc(O)c(c2)C[C@H]1C(=O)N[C@@H](CCCN)C(=O)NCCN. The number of likely N-dealkylation sites (N-methyl/N-ethyl adjacent to an activating group) is 1. The molecule has 252 valence electrons. The summed E-state index contributed by atoms with van der Waals surface area (Å²) in [4.78, 5) is 55.2. The van der Waals surface area contributed by atoms with E-state index in [9.17, 15) is 34.5 Å². The topological polar surface area (TPSA) is 272 Å². The highest BCUT2D eigenvalue weighted by Gasteiger charge is 2.36. The fourth-order valence-corrected chi connectivity index (χ4v) is 5.25. The average molecular weight is 643 g/mol. The number of nitrogens with zero attached hydrogens (tertiary/aromatic N) is 1. The van der Waals surface area contributed by atoms with Crippen LogP contribution in [0.3, 0.4) is 0 Å². The molecule has 14 N–H and O–H groups in total. The molecule has 5 atom stereocenters. The van der Waals surface area contributed by atoms with Gasteiger partial charge in [0, 0.05) is 45.9 Å². The summed E-state index contributed by atoms with van der Waals surface area (Å²) in [6, 6.07) is 4.72. The first-order valence-electron chi connectivity index (χ1n) is 15.2. The van der Waals surface area contributed by atoms with Gasteiger partial charge < -0.3 is 59.1 Å². The maximum Gasteiger partial charge on any atom is 0.245 e. The second kappa shape index (κ2) is 16.9. The van der Waals surface area contributed by atoms with E-state index in [0.29, 0.717) is 28.7 Å². The second-order valence-electron chi connectivity index (χ2n) is 11.4. The third-order valence-corrected chi connectivity index (χ3v) is 7.97. The summed E-state index contributed by atoms with van der Waals surface area (Å²) in [5.74, 6) is -2.88. The van der Waals surface area contributed by atoms with Crippen LogP contribution < -0.4 is 38.9 Å². The van der Waals surface area contributed by atoms with Crippen LogP contribution in [-0.4, -0.2) is 107 Å². The van der Waals surface area contributed by atoms with Gasteiger partial charge in [-0.25, -0.2) is 0 Å². The molecule has 0 unspecified atom stereocenters. The van der Waals surface area contributed by atoms with Crippen molar-refractivity contribution in [2.24, 2.45) is 22.9 Å². The molecule has 2 aromatic rings. The zero-order chi connectivity index (χ0) is 34.0. The fraction of sp³-hybridized carbons (Fsp3) is 0.484. The van der Waals surface area contributed by atoms with E-state index in [2.05, 4.69) is 16.0 Å². The summed E-state index contributed by atoms with van der Waals surface area (Å²) in [6.07, 6.45) is -1.09. The van der Waals surface area contributed by atoms with Crippen molar-refractivity contribution in [1.29, 1.82) is 0 Å². The number of amides is 4. The van der Waals surface area contributed by atoms with Gasteiger partial charge in [-0.3, -0.25) is 19.2 Å². The Hall–Kier alpha value is -4.28. The van der Waals surface area contributed by atoms with Crippen LogP contribution in [0.4, 0.5) is 0 Å². The molecular formula is C31H46N8O7. The van der Waals surface area contributed by atoms with E-state index in [4.69, 9.17) is 22.9 Å². The van der Waals surface area contributed by atoms with Crippen molar-refractivity contribution in [1.82, 2.24) is 20.9 Å². The number of phenols is 2. The Bertz CT molecular complexity index is 1390. The van der Waals surface area contributed by atoms with Crippen LogP contribution in [0.25, 0.3) is 11.1 Å². The standard InChI is InChI=1S/C31H46N8O7/c1-39-25(30(45)37-23(3-2-8-32)29(44)36-10-9-33)14-20-12-18(5-7-27(20)42)17-4-6-26(41)19(11-17)13-22(35)28(43)38-24(31(39)46)15-21(40)16-34/h4-7,11-12,21-25,40-42H,2-3,8-10,13-16,32-35H2,1H3,(H,36,44)(H,37,45)(H,38,43)/t21-,22+,23+,24+,25+/m1/s1. The predicted molar refractivity (Wildman–Crippen MR) is 171 cm³/mol. The quantitative estimate of drug-likeness (QED) is 0.122. The molecule has 0 radical (unpaired) electrons. The summed E-state index contributed by atoms with van der Waals surface area (Å²) in [6.45, 7) is 0.432. The van der Waals surface area contributed by atoms with E-state index < -0.39 is 53.9 Å². The van der Waals surface area contributed by atoms with Crippen LogP contribution in [0.15, 0.2) is 36.4 Å². The maximum atomic E-state index is 14.0. The number of benzene rings is 2. The van der Waals surface area contributed by atoms with E-state index >= 15 is 0 Å². The van der Waals surface area contributed by atoms with Crippen molar-refractivity contribution in [2.75, 3.05) is 33.2 Å². The summed E-state index contributed by atoms with van der Waals surface area (Å²) in [7, 11) is 1.35. The normalized spacial score (nSPS) is 20.1. The van der Waals surface area contributed by atoms with Crippen LogP contribution in [0.5, 0.6) is 11.5 Å². The Morgan fingerprint density at radius 2 is 1.61 bits per heavy atom. The van der Waals surface area contributed by atoms with Gasteiger partial charge in [0.05, 0.1) is 12.1 Å². The van der Waals surface area contributed by atoms with Crippen molar-refractivity contribution < 1.29 is 34.5 Å². The van der Waals surface area contributed by atoms with Gasteiger partial charge in [0.25, 0.3) is 0 Å². The zero-order valence-corrected chi connectivity index (χ0v) is 25.9. The van der Waals surface area contributed by atoms with Crippen LogP contribution in [0.2, 0.25) is 0 Å². The average Bonchev–Trinajstić information content (AvgIpc) is 3.04. The van der Waals surface area contributed by atoms with Gasteiger partial charge in [0.2, 0.25) is 23.6 Å². The van der Waals surface area contributed by atoms with Gasteiger partial charge in [0.15, 0.2) is 0 Å². The minimum atomic E-state index is -1.34. The molecule has 0 spiro atoms. The van der Waals surface area contributed by atoms with Gasteiger partial charge in [-0.15, -0.1) is 0 Å². The van der Waals surface area contributed by atoms with Crippen LogP contribution in [0.1, 0.15) is 30.4 Å². The molecule has 15 heteroatoms. The third-order valence-electron chi connectivity index (χ3n) is 7.97. The minimum Gasteiger partial charge on any atom is -0.508 e. The Labute approximate surface area is 267 Å². The monoisotopic (exact) mass is 642 g/mol. The number of hydrogen-bond donors (Lipinski definition) is 10. The van der Waals surface area contributed by atoms with Gasteiger partial charge in [-0.1, -0.05) is 12.1 Å². The van der Waals surface area contributed by atoms with Crippen molar-refractivity contribution in [2.45, 2.75) is 62.4 Å². The van der Waals surface area contributed by atoms with E-state index in [1.807, 2.05) is 0 Å². The van der Waals surface area contributed by atoms with Gasteiger partial charge >= 0.3 is 0 Å². The number of hydrogen-bond acceptors (Lipinski definition) is 11.